The number of hydrogen-bond donors (Lipinski definition) is 1. The molecule has 5 nitrogen and oxygen atoms in total. The van der Waals surface area contributed by atoms with Crippen molar-refractivity contribution in [2.24, 2.45) is 17.1 Å². The number of piperidine rings is 1. The van der Waals surface area contributed by atoms with Crippen LogP contribution in [0.2, 0.25) is 0 Å². The largest absolute Gasteiger partial charge is 0.342 e. The number of likely N-dealkylation sites (tertiary alicyclic amines) is 1. The van der Waals surface area contributed by atoms with Crippen molar-refractivity contribution >= 4 is 17.5 Å². The minimum Gasteiger partial charge on any atom is -0.342 e. The normalized spacial score (nSPS) is 25.6. The van der Waals surface area contributed by atoms with Crippen molar-refractivity contribution in [1.82, 2.24) is 4.90 Å². The number of aryl methyl sites for hydroxylation is 1. The molecule has 0 aliphatic carbocycles. The first-order valence-corrected chi connectivity index (χ1v) is 9.75. The monoisotopic (exact) mass is 357 g/mol. The zero-order valence-electron chi connectivity index (χ0n) is 16.2. The van der Waals surface area contributed by atoms with Gasteiger partial charge in [-0.3, -0.25) is 9.59 Å². The number of carbonyl (C=O) groups excluding carboxylic acids is 2. The van der Waals surface area contributed by atoms with E-state index in [9.17, 15) is 9.59 Å². The summed E-state index contributed by atoms with van der Waals surface area (Å²) in [6.45, 7) is 8.22. The minimum atomic E-state index is -0.247. The van der Waals surface area contributed by atoms with Crippen molar-refractivity contribution in [1.29, 1.82) is 0 Å². The van der Waals surface area contributed by atoms with Crippen LogP contribution < -0.4 is 10.6 Å². The minimum absolute atomic E-state index is 0.0413. The summed E-state index contributed by atoms with van der Waals surface area (Å²) in [7, 11) is 0. The van der Waals surface area contributed by atoms with Crippen LogP contribution in [-0.2, 0) is 16.0 Å². The van der Waals surface area contributed by atoms with Crippen LogP contribution in [0.1, 0.15) is 45.6 Å². The second-order valence-corrected chi connectivity index (χ2v) is 8.47. The molecule has 0 radical (unpaired) electrons. The van der Waals surface area contributed by atoms with Gasteiger partial charge in [0.1, 0.15) is 0 Å². The van der Waals surface area contributed by atoms with E-state index >= 15 is 0 Å². The van der Waals surface area contributed by atoms with Crippen molar-refractivity contribution in [2.45, 2.75) is 52.5 Å². The van der Waals surface area contributed by atoms with Gasteiger partial charge in [0.05, 0.1) is 5.92 Å². The van der Waals surface area contributed by atoms with Crippen LogP contribution in [0.25, 0.3) is 0 Å². The molecule has 2 fully saturated rings. The van der Waals surface area contributed by atoms with E-state index in [4.69, 9.17) is 5.73 Å². The number of benzene rings is 1. The fourth-order valence-corrected chi connectivity index (χ4v) is 4.07. The van der Waals surface area contributed by atoms with Crippen LogP contribution in [0.5, 0.6) is 0 Å². The molecule has 0 spiro atoms. The Morgan fingerprint density at radius 3 is 2.58 bits per heavy atom. The standard InChI is InChI=1S/C21H31N3O2/c1-4-5-15-6-8-17(9-7-15)24-13-16(12-19(24)25)20(26)23-11-10-18(22)21(2,3)14-23/h6-9,16,18H,4-5,10-14,22H2,1-3H3. The van der Waals surface area contributed by atoms with Gasteiger partial charge in [-0.1, -0.05) is 39.3 Å². The molecule has 2 saturated heterocycles. The molecule has 0 bridgehead atoms. The predicted molar refractivity (Wildman–Crippen MR) is 104 cm³/mol. The third-order valence-corrected chi connectivity index (χ3v) is 5.88. The Bertz CT molecular complexity index is 668. The summed E-state index contributed by atoms with van der Waals surface area (Å²) in [5.41, 5.74) is 8.28. The van der Waals surface area contributed by atoms with Gasteiger partial charge in [0, 0.05) is 37.8 Å². The van der Waals surface area contributed by atoms with Gasteiger partial charge in [0.25, 0.3) is 0 Å². The third-order valence-electron chi connectivity index (χ3n) is 5.88. The van der Waals surface area contributed by atoms with Gasteiger partial charge in [-0.25, -0.2) is 0 Å². The van der Waals surface area contributed by atoms with Crippen LogP contribution in [-0.4, -0.2) is 42.4 Å². The quantitative estimate of drug-likeness (QED) is 0.901. The highest BCUT2D eigenvalue weighted by molar-refractivity contribution is 6.00. The molecule has 1 aromatic rings. The average Bonchev–Trinajstić information content (AvgIpc) is 2.99. The molecule has 142 valence electrons. The molecular weight excluding hydrogens is 326 g/mol. The average molecular weight is 357 g/mol. The summed E-state index contributed by atoms with van der Waals surface area (Å²) in [6.07, 6.45) is 3.27. The highest BCUT2D eigenvalue weighted by Crippen LogP contribution is 2.31. The lowest BCUT2D eigenvalue weighted by Gasteiger charge is -2.43. The van der Waals surface area contributed by atoms with Crippen LogP contribution in [0.4, 0.5) is 5.69 Å². The van der Waals surface area contributed by atoms with E-state index in [-0.39, 0.29) is 29.2 Å². The van der Waals surface area contributed by atoms with E-state index in [1.165, 1.54) is 5.56 Å². The molecule has 0 saturated carbocycles. The summed E-state index contributed by atoms with van der Waals surface area (Å²) in [4.78, 5) is 29.1. The maximum Gasteiger partial charge on any atom is 0.228 e. The molecule has 2 aliphatic rings. The maximum atomic E-state index is 13.0. The molecular formula is C21H31N3O2. The zero-order chi connectivity index (χ0) is 18.9. The molecule has 0 aromatic heterocycles. The molecule has 2 unspecified atom stereocenters. The van der Waals surface area contributed by atoms with Gasteiger partial charge in [-0.05, 0) is 36.0 Å². The van der Waals surface area contributed by atoms with Crippen molar-refractivity contribution in [3.63, 3.8) is 0 Å². The highest BCUT2D eigenvalue weighted by Gasteiger charge is 2.41. The summed E-state index contributed by atoms with van der Waals surface area (Å²) >= 11 is 0. The number of nitrogens with two attached hydrogens (primary N) is 1. The molecule has 1 aromatic carbocycles. The first kappa shape index (κ1) is 18.9. The molecule has 2 aliphatic heterocycles. The van der Waals surface area contributed by atoms with Gasteiger partial charge in [0.2, 0.25) is 11.8 Å². The van der Waals surface area contributed by atoms with E-state index < -0.39 is 0 Å². The fraction of sp³-hybridized carbons (Fsp3) is 0.619. The van der Waals surface area contributed by atoms with Crippen LogP contribution in [0.15, 0.2) is 24.3 Å². The Labute approximate surface area is 156 Å². The van der Waals surface area contributed by atoms with E-state index in [0.29, 0.717) is 26.1 Å². The molecule has 26 heavy (non-hydrogen) atoms. The van der Waals surface area contributed by atoms with Gasteiger partial charge < -0.3 is 15.5 Å². The smallest absolute Gasteiger partial charge is 0.228 e. The first-order chi connectivity index (χ1) is 12.3. The summed E-state index contributed by atoms with van der Waals surface area (Å²) < 4.78 is 0. The lowest BCUT2D eigenvalue weighted by Crippen LogP contribution is -2.55. The van der Waals surface area contributed by atoms with Crippen molar-refractivity contribution in [3.8, 4) is 0 Å². The SMILES string of the molecule is CCCc1ccc(N2CC(C(=O)N3CCC(N)C(C)(C)C3)CC2=O)cc1. The molecule has 2 heterocycles. The van der Waals surface area contributed by atoms with E-state index in [0.717, 1.165) is 24.9 Å². The maximum absolute atomic E-state index is 13.0. The lowest BCUT2D eigenvalue weighted by molar-refractivity contribution is -0.139. The first-order valence-electron chi connectivity index (χ1n) is 9.75. The summed E-state index contributed by atoms with van der Waals surface area (Å²) in [5.74, 6) is -0.106. The van der Waals surface area contributed by atoms with Gasteiger partial charge >= 0.3 is 0 Å². The highest BCUT2D eigenvalue weighted by atomic mass is 16.2. The van der Waals surface area contributed by atoms with Crippen molar-refractivity contribution in [3.05, 3.63) is 29.8 Å². The number of hydrogen-bond acceptors (Lipinski definition) is 3. The number of amides is 2. The van der Waals surface area contributed by atoms with E-state index in [1.807, 2.05) is 17.0 Å². The Balaban J connectivity index is 1.66. The molecule has 2 N–H and O–H groups in total. The lowest BCUT2D eigenvalue weighted by atomic mass is 9.79. The number of anilines is 1. The number of nitrogens with zero attached hydrogens (tertiary/aromatic N) is 2. The second kappa shape index (κ2) is 7.39. The van der Waals surface area contributed by atoms with Crippen LogP contribution in [0, 0.1) is 11.3 Å². The van der Waals surface area contributed by atoms with E-state index in [1.54, 1.807) is 4.90 Å². The second-order valence-electron chi connectivity index (χ2n) is 8.47. The Kier molecular flexibility index (Phi) is 5.37. The number of rotatable bonds is 4. The van der Waals surface area contributed by atoms with Gasteiger partial charge in [-0.15, -0.1) is 0 Å². The molecule has 3 rings (SSSR count). The fourth-order valence-electron chi connectivity index (χ4n) is 4.07. The Morgan fingerprint density at radius 1 is 1.27 bits per heavy atom. The van der Waals surface area contributed by atoms with Crippen molar-refractivity contribution in [2.75, 3.05) is 24.5 Å². The van der Waals surface area contributed by atoms with Crippen LogP contribution in [0.3, 0.4) is 0 Å². The van der Waals surface area contributed by atoms with Gasteiger partial charge in [0.15, 0.2) is 0 Å². The third kappa shape index (κ3) is 3.78. The van der Waals surface area contributed by atoms with E-state index in [2.05, 4.69) is 32.9 Å². The summed E-state index contributed by atoms with van der Waals surface area (Å²) in [6, 6.07) is 8.28. The molecule has 2 atom stereocenters. The van der Waals surface area contributed by atoms with Crippen molar-refractivity contribution < 1.29 is 9.59 Å². The topological polar surface area (TPSA) is 66.6 Å². The zero-order valence-corrected chi connectivity index (χ0v) is 16.2. The molecule has 2 amide bonds. The number of carbonyl (C=O) groups is 2. The Hall–Kier alpha value is -1.88. The summed E-state index contributed by atoms with van der Waals surface area (Å²) in [5, 5.41) is 0. The Morgan fingerprint density at radius 2 is 1.96 bits per heavy atom. The van der Waals surface area contributed by atoms with Crippen LogP contribution >= 0.6 is 0 Å². The molecule has 5 heteroatoms. The van der Waals surface area contributed by atoms with Gasteiger partial charge in [-0.2, -0.15) is 0 Å². The predicted octanol–water partition coefficient (Wildman–Crippen LogP) is 2.58.